The number of amides is 3. The molecule has 1 aliphatic rings. The third kappa shape index (κ3) is 5.19. The molecule has 5 heteroatoms. The molecule has 0 spiro atoms. The zero-order valence-corrected chi connectivity index (χ0v) is 21.2. The fourth-order valence-electron chi connectivity index (χ4n) is 4.15. The summed E-state index contributed by atoms with van der Waals surface area (Å²) in [5.74, 6) is -1.07. The minimum Gasteiger partial charge on any atom is -0.347 e. The molecule has 0 radical (unpaired) electrons. The minimum atomic E-state index is -0.416. The summed E-state index contributed by atoms with van der Waals surface area (Å²) >= 11 is 0. The number of carbonyl (C=O) groups excluding carboxylic acids is 3. The van der Waals surface area contributed by atoms with Crippen LogP contribution in [0.4, 0.5) is 5.69 Å². The van der Waals surface area contributed by atoms with Gasteiger partial charge in [-0.05, 0) is 79.6 Å². The molecule has 0 atom stereocenters. The first-order valence-corrected chi connectivity index (χ1v) is 11.9. The first-order valence-electron chi connectivity index (χ1n) is 11.9. The van der Waals surface area contributed by atoms with Crippen molar-refractivity contribution in [2.75, 3.05) is 4.90 Å². The van der Waals surface area contributed by atoms with Gasteiger partial charge in [-0.3, -0.25) is 14.4 Å². The fourth-order valence-corrected chi connectivity index (χ4v) is 4.15. The molecule has 0 fully saturated rings. The Morgan fingerprint density at radius 2 is 1.29 bits per heavy atom. The van der Waals surface area contributed by atoms with Crippen LogP contribution < -0.4 is 10.2 Å². The molecule has 180 valence electrons. The van der Waals surface area contributed by atoms with Gasteiger partial charge in [0.2, 0.25) is 0 Å². The Morgan fingerprint density at radius 1 is 0.743 bits per heavy atom. The van der Waals surface area contributed by atoms with Crippen LogP contribution in [0.25, 0.3) is 0 Å². The average Bonchev–Trinajstić information content (AvgIpc) is 3.02. The summed E-state index contributed by atoms with van der Waals surface area (Å²) in [6.45, 7) is 12.3. The second-order valence-corrected chi connectivity index (χ2v) is 11.2. The standard InChI is InChI=1S/C30H32N2O3/c1-29(2,3)22-12-7-19(8-13-22)17-20-9-14-23(15-10-20)32-27(34)24-16-11-21(18-25(24)28(32)35)26(33)31-30(4,5)6/h7-16,18H,17H2,1-6H3,(H,31,33). The fraction of sp³-hybridized carbons (Fsp3) is 0.300. The summed E-state index contributed by atoms with van der Waals surface area (Å²) in [5, 5.41) is 2.88. The molecule has 3 aromatic rings. The van der Waals surface area contributed by atoms with E-state index in [0.29, 0.717) is 16.8 Å². The van der Waals surface area contributed by atoms with E-state index in [-0.39, 0.29) is 22.8 Å². The van der Waals surface area contributed by atoms with Gasteiger partial charge in [0.15, 0.2) is 0 Å². The minimum absolute atomic E-state index is 0.115. The van der Waals surface area contributed by atoms with E-state index in [2.05, 4.69) is 50.4 Å². The lowest BCUT2D eigenvalue weighted by molar-refractivity contribution is 0.0912. The van der Waals surface area contributed by atoms with Gasteiger partial charge in [-0.25, -0.2) is 4.90 Å². The first kappa shape index (κ1) is 24.4. The monoisotopic (exact) mass is 468 g/mol. The van der Waals surface area contributed by atoms with E-state index in [1.54, 1.807) is 24.3 Å². The number of rotatable bonds is 4. The van der Waals surface area contributed by atoms with Crippen LogP contribution in [0.3, 0.4) is 0 Å². The molecule has 3 amide bonds. The molecule has 0 bridgehead atoms. The number of benzene rings is 3. The Kier molecular flexibility index (Phi) is 6.14. The highest BCUT2D eigenvalue weighted by Gasteiger charge is 2.37. The molecule has 0 unspecified atom stereocenters. The van der Waals surface area contributed by atoms with Gasteiger partial charge in [-0.1, -0.05) is 57.2 Å². The van der Waals surface area contributed by atoms with Crippen LogP contribution in [0.15, 0.2) is 66.7 Å². The van der Waals surface area contributed by atoms with E-state index in [4.69, 9.17) is 0 Å². The van der Waals surface area contributed by atoms with E-state index in [0.717, 1.165) is 12.0 Å². The highest BCUT2D eigenvalue weighted by Crippen LogP contribution is 2.30. The topological polar surface area (TPSA) is 66.5 Å². The predicted octanol–water partition coefficient (Wildman–Crippen LogP) is 5.90. The van der Waals surface area contributed by atoms with Gasteiger partial charge >= 0.3 is 0 Å². The molecular weight excluding hydrogens is 436 g/mol. The van der Waals surface area contributed by atoms with Crippen molar-refractivity contribution in [3.63, 3.8) is 0 Å². The first-order chi connectivity index (χ1) is 16.3. The van der Waals surface area contributed by atoms with E-state index in [1.807, 2.05) is 32.9 Å². The summed E-state index contributed by atoms with van der Waals surface area (Å²) in [6, 6.07) is 20.8. The predicted molar refractivity (Wildman–Crippen MR) is 139 cm³/mol. The average molecular weight is 469 g/mol. The maximum atomic E-state index is 13.1. The van der Waals surface area contributed by atoms with Crippen LogP contribution in [-0.4, -0.2) is 23.3 Å². The second kappa shape index (κ2) is 8.81. The van der Waals surface area contributed by atoms with Gasteiger partial charge in [0, 0.05) is 11.1 Å². The quantitative estimate of drug-likeness (QED) is 0.485. The van der Waals surface area contributed by atoms with Crippen LogP contribution >= 0.6 is 0 Å². The van der Waals surface area contributed by atoms with Crippen LogP contribution in [0.2, 0.25) is 0 Å². The van der Waals surface area contributed by atoms with Crippen LogP contribution in [0, 0.1) is 0 Å². The maximum Gasteiger partial charge on any atom is 0.266 e. The molecule has 35 heavy (non-hydrogen) atoms. The summed E-state index contributed by atoms with van der Waals surface area (Å²) in [7, 11) is 0. The number of nitrogens with zero attached hydrogens (tertiary/aromatic N) is 1. The van der Waals surface area contributed by atoms with Crippen LogP contribution in [-0.2, 0) is 11.8 Å². The van der Waals surface area contributed by atoms with Crippen molar-refractivity contribution in [3.8, 4) is 0 Å². The van der Waals surface area contributed by atoms with Crippen molar-refractivity contribution in [3.05, 3.63) is 100 Å². The summed E-state index contributed by atoms with van der Waals surface area (Å²) in [4.78, 5) is 39.9. The Hall–Kier alpha value is -3.73. The number of anilines is 1. The SMILES string of the molecule is CC(C)(C)NC(=O)c1ccc2c(c1)C(=O)N(c1ccc(Cc3ccc(C(C)(C)C)cc3)cc1)C2=O. The molecule has 0 aliphatic carbocycles. The van der Waals surface area contributed by atoms with Crippen molar-refractivity contribution < 1.29 is 14.4 Å². The van der Waals surface area contributed by atoms with E-state index < -0.39 is 11.4 Å². The van der Waals surface area contributed by atoms with Crippen molar-refractivity contribution in [2.45, 2.75) is 58.9 Å². The van der Waals surface area contributed by atoms with Gasteiger partial charge in [0.25, 0.3) is 17.7 Å². The van der Waals surface area contributed by atoms with Gasteiger partial charge in [-0.2, -0.15) is 0 Å². The highest BCUT2D eigenvalue weighted by atomic mass is 16.2. The van der Waals surface area contributed by atoms with Gasteiger partial charge in [0.05, 0.1) is 16.8 Å². The molecule has 4 rings (SSSR count). The van der Waals surface area contributed by atoms with Crippen LogP contribution in [0.1, 0.15) is 89.3 Å². The van der Waals surface area contributed by atoms with E-state index in [9.17, 15) is 14.4 Å². The molecule has 1 aliphatic heterocycles. The Bertz CT molecular complexity index is 1290. The smallest absolute Gasteiger partial charge is 0.266 e. The lowest BCUT2D eigenvalue weighted by atomic mass is 9.86. The Labute approximate surface area is 207 Å². The van der Waals surface area contributed by atoms with Gasteiger partial charge < -0.3 is 5.32 Å². The normalized spacial score (nSPS) is 13.7. The van der Waals surface area contributed by atoms with Gasteiger partial charge in [0.1, 0.15) is 0 Å². The summed E-state index contributed by atoms with van der Waals surface area (Å²) < 4.78 is 0. The van der Waals surface area contributed by atoms with Crippen LogP contribution in [0.5, 0.6) is 0 Å². The maximum absolute atomic E-state index is 13.1. The second-order valence-electron chi connectivity index (χ2n) is 11.2. The zero-order chi connectivity index (χ0) is 25.5. The third-order valence-corrected chi connectivity index (χ3v) is 6.06. The Balaban J connectivity index is 1.51. The molecule has 0 saturated carbocycles. The summed E-state index contributed by atoms with van der Waals surface area (Å²) in [6.07, 6.45) is 0.763. The molecule has 1 N–H and O–H groups in total. The molecule has 0 saturated heterocycles. The number of hydrogen-bond donors (Lipinski definition) is 1. The number of carbonyl (C=O) groups is 3. The van der Waals surface area contributed by atoms with Crippen molar-refractivity contribution in [1.29, 1.82) is 0 Å². The molecule has 0 aromatic heterocycles. The largest absolute Gasteiger partial charge is 0.347 e. The third-order valence-electron chi connectivity index (χ3n) is 6.06. The lowest BCUT2D eigenvalue weighted by Crippen LogP contribution is -2.40. The van der Waals surface area contributed by atoms with Gasteiger partial charge in [-0.15, -0.1) is 0 Å². The van der Waals surface area contributed by atoms with Crippen molar-refractivity contribution >= 4 is 23.4 Å². The number of imide groups is 1. The molecule has 3 aromatic carbocycles. The van der Waals surface area contributed by atoms with E-state index in [1.165, 1.54) is 22.1 Å². The summed E-state index contributed by atoms with van der Waals surface area (Å²) in [5.41, 5.74) is 4.73. The molecule has 5 nitrogen and oxygen atoms in total. The lowest BCUT2D eigenvalue weighted by Gasteiger charge is -2.20. The van der Waals surface area contributed by atoms with Crippen molar-refractivity contribution in [2.24, 2.45) is 0 Å². The Morgan fingerprint density at radius 3 is 1.83 bits per heavy atom. The number of nitrogens with one attached hydrogen (secondary N) is 1. The van der Waals surface area contributed by atoms with E-state index >= 15 is 0 Å². The molecular formula is C30H32N2O3. The van der Waals surface area contributed by atoms with Crippen molar-refractivity contribution in [1.82, 2.24) is 5.32 Å². The highest BCUT2D eigenvalue weighted by molar-refractivity contribution is 6.34. The number of hydrogen-bond acceptors (Lipinski definition) is 3. The number of fused-ring (bicyclic) bond motifs is 1. The molecule has 1 heterocycles. The zero-order valence-electron chi connectivity index (χ0n) is 21.2.